The van der Waals surface area contributed by atoms with Gasteiger partial charge in [0.1, 0.15) is 0 Å². The molecule has 0 spiro atoms. The molecule has 90 valence electrons. The third kappa shape index (κ3) is 3.03. The lowest BCUT2D eigenvalue weighted by Gasteiger charge is -2.13. The van der Waals surface area contributed by atoms with E-state index in [9.17, 15) is 0 Å². The Hall–Kier alpha value is 0.360. The van der Waals surface area contributed by atoms with Crippen LogP contribution in [0, 0.1) is 0 Å². The summed E-state index contributed by atoms with van der Waals surface area (Å²) in [5, 5.41) is 2.16. The molecule has 0 saturated heterocycles. The molecular formula is C13H11Br3S. The summed E-state index contributed by atoms with van der Waals surface area (Å²) in [4.78, 5) is 1.65. The first-order chi connectivity index (χ1) is 8.13. The van der Waals surface area contributed by atoms with Crippen molar-refractivity contribution in [2.45, 2.75) is 18.2 Å². The summed E-state index contributed by atoms with van der Waals surface area (Å²) in [6.07, 6.45) is 1.08. The molecule has 17 heavy (non-hydrogen) atoms. The standard InChI is InChI=1S/C13H11Br3S/c1-2-8-5-6-17-13(8)12(16)10-7-9(14)3-4-11(10)15/h3-7,12H,2H2,1H3. The molecule has 0 fully saturated rings. The van der Waals surface area contributed by atoms with Crippen molar-refractivity contribution in [2.75, 3.05) is 0 Å². The van der Waals surface area contributed by atoms with Gasteiger partial charge < -0.3 is 0 Å². The number of rotatable bonds is 3. The summed E-state index contributed by atoms with van der Waals surface area (Å²) >= 11 is 12.8. The van der Waals surface area contributed by atoms with E-state index in [1.54, 1.807) is 0 Å². The Morgan fingerprint density at radius 2 is 2.00 bits per heavy atom. The van der Waals surface area contributed by atoms with Crippen LogP contribution in [0.25, 0.3) is 0 Å². The number of alkyl halides is 1. The molecular weight excluding hydrogens is 428 g/mol. The Kier molecular flexibility index (Phi) is 4.87. The molecule has 0 nitrogen and oxygen atoms in total. The van der Waals surface area contributed by atoms with E-state index in [2.05, 4.69) is 78.3 Å². The fourth-order valence-electron chi connectivity index (χ4n) is 1.71. The fourth-order valence-corrected chi connectivity index (χ4v) is 4.86. The SMILES string of the molecule is CCc1ccsc1C(Br)c1cc(Br)ccc1Br. The molecule has 4 heteroatoms. The average Bonchev–Trinajstić information content (AvgIpc) is 2.79. The maximum Gasteiger partial charge on any atom is 0.0752 e. The molecule has 0 N–H and O–H groups in total. The summed E-state index contributed by atoms with van der Waals surface area (Å²) in [7, 11) is 0. The molecule has 0 radical (unpaired) electrons. The van der Waals surface area contributed by atoms with Gasteiger partial charge >= 0.3 is 0 Å². The molecule has 1 atom stereocenters. The molecule has 0 aliphatic rings. The van der Waals surface area contributed by atoms with Crippen LogP contribution in [0.15, 0.2) is 38.6 Å². The summed E-state index contributed by atoms with van der Waals surface area (Å²) in [6.45, 7) is 2.20. The maximum atomic E-state index is 3.81. The molecule has 2 aromatic rings. The van der Waals surface area contributed by atoms with E-state index >= 15 is 0 Å². The van der Waals surface area contributed by atoms with Gasteiger partial charge in [0.15, 0.2) is 0 Å². The molecule has 0 saturated carbocycles. The van der Waals surface area contributed by atoms with Crippen molar-refractivity contribution in [3.8, 4) is 0 Å². The summed E-state index contributed by atoms with van der Waals surface area (Å²) in [5.41, 5.74) is 2.68. The second-order valence-electron chi connectivity index (χ2n) is 3.69. The van der Waals surface area contributed by atoms with Gasteiger partial charge in [0.05, 0.1) is 4.83 Å². The Labute approximate surface area is 131 Å². The number of benzene rings is 1. The third-order valence-electron chi connectivity index (χ3n) is 2.62. The van der Waals surface area contributed by atoms with Crippen molar-refractivity contribution in [1.82, 2.24) is 0 Å². The van der Waals surface area contributed by atoms with E-state index < -0.39 is 0 Å². The highest BCUT2D eigenvalue weighted by atomic mass is 79.9. The highest BCUT2D eigenvalue weighted by Crippen LogP contribution is 2.40. The smallest absolute Gasteiger partial charge is 0.0752 e. The molecule has 2 rings (SSSR count). The van der Waals surface area contributed by atoms with Gasteiger partial charge in [-0.15, -0.1) is 11.3 Å². The van der Waals surface area contributed by atoms with E-state index in [1.165, 1.54) is 16.0 Å². The minimum absolute atomic E-state index is 0.254. The van der Waals surface area contributed by atoms with Gasteiger partial charge in [0.25, 0.3) is 0 Å². The zero-order chi connectivity index (χ0) is 12.4. The van der Waals surface area contributed by atoms with E-state index in [1.807, 2.05) is 17.4 Å². The monoisotopic (exact) mass is 436 g/mol. The normalized spacial score (nSPS) is 12.7. The minimum Gasteiger partial charge on any atom is -0.147 e. The van der Waals surface area contributed by atoms with Crippen molar-refractivity contribution < 1.29 is 0 Å². The van der Waals surface area contributed by atoms with Crippen molar-refractivity contribution in [3.63, 3.8) is 0 Å². The Bertz CT molecular complexity index is 519. The Balaban J connectivity index is 2.43. The maximum absolute atomic E-state index is 3.81. The lowest BCUT2D eigenvalue weighted by Crippen LogP contribution is -1.95. The molecule has 1 aromatic heterocycles. The molecule has 1 unspecified atom stereocenters. The van der Waals surface area contributed by atoms with Gasteiger partial charge in [0.2, 0.25) is 0 Å². The Morgan fingerprint density at radius 1 is 1.24 bits per heavy atom. The van der Waals surface area contributed by atoms with Crippen molar-refractivity contribution >= 4 is 59.1 Å². The van der Waals surface area contributed by atoms with Crippen molar-refractivity contribution in [1.29, 1.82) is 0 Å². The molecule has 0 aliphatic carbocycles. The number of thiophene rings is 1. The Morgan fingerprint density at radius 3 is 2.71 bits per heavy atom. The third-order valence-corrected chi connectivity index (χ3v) is 6.12. The summed E-state index contributed by atoms with van der Waals surface area (Å²) in [6, 6.07) is 8.48. The first kappa shape index (κ1) is 13.8. The van der Waals surface area contributed by atoms with Crippen LogP contribution in [0.4, 0.5) is 0 Å². The van der Waals surface area contributed by atoms with Crippen molar-refractivity contribution in [3.05, 3.63) is 54.6 Å². The number of hydrogen-bond acceptors (Lipinski definition) is 1. The van der Waals surface area contributed by atoms with Crippen LogP contribution in [0.3, 0.4) is 0 Å². The first-order valence-corrected chi connectivity index (χ1v) is 8.67. The first-order valence-electron chi connectivity index (χ1n) is 5.28. The summed E-state index contributed by atoms with van der Waals surface area (Å²) < 4.78 is 2.24. The largest absolute Gasteiger partial charge is 0.147 e. The summed E-state index contributed by atoms with van der Waals surface area (Å²) in [5.74, 6) is 0. The van der Waals surface area contributed by atoms with Gasteiger partial charge in [-0.3, -0.25) is 0 Å². The molecule has 0 aliphatic heterocycles. The molecule has 1 aromatic carbocycles. The van der Waals surface area contributed by atoms with Crippen LogP contribution < -0.4 is 0 Å². The average molecular weight is 439 g/mol. The van der Waals surface area contributed by atoms with Crippen LogP contribution in [0.5, 0.6) is 0 Å². The lowest BCUT2D eigenvalue weighted by molar-refractivity contribution is 1.09. The topological polar surface area (TPSA) is 0 Å². The second kappa shape index (κ2) is 6.00. The minimum atomic E-state index is 0.254. The van der Waals surface area contributed by atoms with E-state index in [0.717, 1.165) is 15.4 Å². The highest BCUT2D eigenvalue weighted by molar-refractivity contribution is 9.11. The zero-order valence-corrected chi connectivity index (χ0v) is 14.8. The van der Waals surface area contributed by atoms with Gasteiger partial charge in [0, 0.05) is 13.8 Å². The van der Waals surface area contributed by atoms with Crippen LogP contribution in [0.1, 0.15) is 27.8 Å². The molecule has 0 bridgehead atoms. The zero-order valence-electron chi connectivity index (χ0n) is 9.21. The molecule has 0 amide bonds. The van der Waals surface area contributed by atoms with Gasteiger partial charge in [-0.05, 0) is 47.2 Å². The number of hydrogen-bond donors (Lipinski definition) is 0. The van der Waals surface area contributed by atoms with E-state index in [0.29, 0.717) is 0 Å². The predicted octanol–water partition coefficient (Wildman–Crippen LogP) is 6.32. The van der Waals surface area contributed by atoms with Crippen LogP contribution in [-0.2, 0) is 6.42 Å². The van der Waals surface area contributed by atoms with Crippen LogP contribution >= 0.6 is 59.1 Å². The van der Waals surface area contributed by atoms with Gasteiger partial charge in [-0.25, -0.2) is 0 Å². The number of halogens is 3. The van der Waals surface area contributed by atoms with Crippen molar-refractivity contribution in [2.24, 2.45) is 0 Å². The van der Waals surface area contributed by atoms with Crippen LogP contribution in [0.2, 0.25) is 0 Å². The van der Waals surface area contributed by atoms with Gasteiger partial charge in [-0.1, -0.05) is 54.7 Å². The fraction of sp³-hybridized carbons (Fsp3) is 0.231. The number of aryl methyl sites for hydroxylation is 1. The predicted molar refractivity (Wildman–Crippen MR) is 86.3 cm³/mol. The van der Waals surface area contributed by atoms with E-state index in [-0.39, 0.29) is 4.83 Å². The highest BCUT2D eigenvalue weighted by Gasteiger charge is 2.17. The van der Waals surface area contributed by atoms with Gasteiger partial charge in [-0.2, -0.15) is 0 Å². The van der Waals surface area contributed by atoms with E-state index in [4.69, 9.17) is 0 Å². The lowest BCUT2D eigenvalue weighted by atomic mass is 10.1. The second-order valence-corrected chi connectivity index (χ2v) is 7.33. The van der Waals surface area contributed by atoms with Crippen LogP contribution in [-0.4, -0.2) is 0 Å². The molecule has 1 heterocycles. The quantitative estimate of drug-likeness (QED) is 0.492.